The molecule has 0 spiro atoms. The Morgan fingerprint density at radius 1 is 0.846 bits per heavy atom. The lowest BCUT2D eigenvalue weighted by molar-refractivity contribution is 0.413. The van der Waals surface area contributed by atoms with Gasteiger partial charge in [0, 0.05) is 7.11 Å². The number of hydrogen-bond donors (Lipinski definition) is 0. The molecule has 0 saturated carbocycles. The summed E-state index contributed by atoms with van der Waals surface area (Å²) in [6.45, 7) is 4.52. The van der Waals surface area contributed by atoms with Crippen molar-refractivity contribution in [3.63, 3.8) is 0 Å². The van der Waals surface area contributed by atoms with E-state index in [9.17, 15) is 0 Å². The van der Waals surface area contributed by atoms with Crippen LogP contribution < -0.4 is 0 Å². The number of rotatable bonds is 9. The van der Waals surface area contributed by atoms with Crippen molar-refractivity contribution >= 4 is 9.04 Å². The molecule has 0 aliphatic heterocycles. The molecule has 0 aliphatic carbocycles. The van der Waals surface area contributed by atoms with E-state index in [1.54, 1.807) is 0 Å². The molecule has 0 aromatic carbocycles. The molecule has 1 nitrogen and oxygen atoms in total. The lowest BCUT2D eigenvalue weighted by atomic mass is 10.3. The quantitative estimate of drug-likeness (QED) is 0.405. The van der Waals surface area contributed by atoms with Gasteiger partial charge in [-0.3, -0.25) is 0 Å². The van der Waals surface area contributed by atoms with Crippen LogP contribution in [0, 0.1) is 0 Å². The molecule has 79 valence electrons. The third-order valence-corrected chi connectivity index (χ3v) is 4.81. The summed E-state index contributed by atoms with van der Waals surface area (Å²) in [5.74, 6) is 0. The lowest BCUT2D eigenvalue weighted by Gasteiger charge is -2.11. The summed E-state index contributed by atoms with van der Waals surface area (Å²) in [5.41, 5.74) is 0. The summed E-state index contributed by atoms with van der Waals surface area (Å²) in [6.07, 6.45) is 8.17. The van der Waals surface area contributed by atoms with Crippen molar-refractivity contribution in [3.8, 4) is 0 Å². The van der Waals surface area contributed by atoms with Crippen LogP contribution in [0.2, 0.25) is 12.1 Å². The van der Waals surface area contributed by atoms with Crippen LogP contribution in [0.15, 0.2) is 0 Å². The second-order valence-electron chi connectivity index (χ2n) is 3.66. The van der Waals surface area contributed by atoms with Gasteiger partial charge in [0.1, 0.15) is 0 Å². The molecule has 0 saturated heterocycles. The average Bonchev–Trinajstić information content (AvgIpc) is 2.16. The molecule has 13 heavy (non-hydrogen) atoms. The molecule has 0 fully saturated rings. The second kappa shape index (κ2) is 10.3. The van der Waals surface area contributed by atoms with Crippen LogP contribution in [0.4, 0.5) is 0 Å². The minimum atomic E-state index is -0.429. The highest BCUT2D eigenvalue weighted by molar-refractivity contribution is 6.51. The van der Waals surface area contributed by atoms with Gasteiger partial charge >= 0.3 is 0 Å². The summed E-state index contributed by atoms with van der Waals surface area (Å²) in [7, 11) is 1.47. The molecule has 0 aromatic heterocycles. The standard InChI is InChI=1S/C11H25OSi/c1-4-6-8-10-13(12-3)11-9-7-5-2/h4-11H2,1-3H3. The van der Waals surface area contributed by atoms with Crippen molar-refractivity contribution in [2.75, 3.05) is 7.11 Å². The molecule has 0 atom stereocenters. The van der Waals surface area contributed by atoms with Crippen LogP contribution in [0.25, 0.3) is 0 Å². The zero-order valence-corrected chi connectivity index (χ0v) is 10.6. The average molecular weight is 201 g/mol. The first-order valence-electron chi connectivity index (χ1n) is 5.73. The van der Waals surface area contributed by atoms with Crippen LogP contribution in [0.3, 0.4) is 0 Å². The zero-order chi connectivity index (χ0) is 9.94. The number of hydrogen-bond acceptors (Lipinski definition) is 1. The molecule has 0 aliphatic rings. The van der Waals surface area contributed by atoms with E-state index >= 15 is 0 Å². The lowest BCUT2D eigenvalue weighted by Crippen LogP contribution is -2.14. The Morgan fingerprint density at radius 2 is 1.31 bits per heavy atom. The fourth-order valence-electron chi connectivity index (χ4n) is 1.47. The summed E-state index contributed by atoms with van der Waals surface area (Å²) in [5, 5.41) is 0. The van der Waals surface area contributed by atoms with E-state index in [2.05, 4.69) is 13.8 Å². The summed E-state index contributed by atoms with van der Waals surface area (Å²) >= 11 is 0. The molecular weight excluding hydrogens is 176 g/mol. The van der Waals surface area contributed by atoms with Crippen LogP contribution in [-0.2, 0) is 4.43 Å². The van der Waals surface area contributed by atoms with Crippen molar-refractivity contribution in [1.82, 2.24) is 0 Å². The van der Waals surface area contributed by atoms with Crippen LogP contribution >= 0.6 is 0 Å². The van der Waals surface area contributed by atoms with Gasteiger partial charge in [-0.2, -0.15) is 0 Å². The van der Waals surface area contributed by atoms with Gasteiger partial charge in [-0.25, -0.2) is 0 Å². The van der Waals surface area contributed by atoms with Gasteiger partial charge in [-0.15, -0.1) is 0 Å². The van der Waals surface area contributed by atoms with Crippen LogP contribution in [0.1, 0.15) is 52.4 Å². The Labute approximate surface area is 85.6 Å². The van der Waals surface area contributed by atoms with E-state index in [1.165, 1.54) is 50.6 Å². The maximum atomic E-state index is 5.55. The molecule has 0 N–H and O–H groups in total. The third-order valence-electron chi connectivity index (χ3n) is 2.41. The summed E-state index contributed by atoms with van der Waals surface area (Å²) in [4.78, 5) is 0. The maximum Gasteiger partial charge on any atom is 0.210 e. The van der Waals surface area contributed by atoms with Crippen molar-refractivity contribution in [1.29, 1.82) is 0 Å². The molecule has 0 unspecified atom stereocenters. The monoisotopic (exact) mass is 201 g/mol. The Bertz CT molecular complexity index is 86.1. The third kappa shape index (κ3) is 8.51. The maximum absolute atomic E-state index is 5.55. The minimum Gasteiger partial charge on any atom is -0.420 e. The number of unbranched alkanes of at least 4 members (excludes halogenated alkanes) is 4. The molecule has 0 amide bonds. The van der Waals surface area contributed by atoms with Gasteiger partial charge in [0.05, 0.1) is 0 Å². The van der Waals surface area contributed by atoms with Crippen molar-refractivity contribution in [2.45, 2.75) is 64.5 Å². The molecule has 0 aromatic rings. The van der Waals surface area contributed by atoms with Gasteiger partial charge < -0.3 is 4.43 Å². The minimum absolute atomic E-state index is 0.429. The molecule has 2 heteroatoms. The first-order valence-corrected chi connectivity index (χ1v) is 7.56. The topological polar surface area (TPSA) is 9.23 Å². The molecule has 0 rings (SSSR count). The van der Waals surface area contributed by atoms with E-state index < -0.39 is 9.04 Å². The van der Waals surface area contributed by atoms with Gasteiger partial charge in [-0.05, 0) is 12.1 Å². The van der Waals surface area contributed by atoms with E-state index in [-0.39, 0.29) is 0 Å². The van der Waals surface area contributed by atoms with Gasteiger partial charge in [-0.1, -0.05) is 52.4 Å². The molecular formula is C11H25OSi. The van der Waals surface area contributed by atoms with Crippen molar-refractivity contribution < 1.29 is 4.43 Å². The van der Waals surface area contributed by atoms with E-state index in [0.717, 1.165) is 0 Å². The molecule has 0 bridgehead atoms. The molecule has 1 radical (unpaired) electrons. The Balaban J connectivity index is 3.28. The second-order valence-corrected chi connectivity index (χ2v) is 6.14. The van der Waals surface area contributed by atoms with E-state index in [0.29, 0.717) is 0 Å². The van der Waals surface area contributed by atoms with Crippen molar-refractivity contribution in [3.05, 3.63) is 0 Å². The summed E-state index contributed by atoms with van der Waals surface area (Å²) < 4.78 is 5.55. The van der Waals surface area contributed by atoms with Crippen LogP contribution in [0.5, 0.6) is 0 Å². The SMILES string of the molecule is CCCCC[Si](CCCCC)OC. The zero-order valence-electron chi connectivity index (χ0n) is 9.57. The van der Waals surface area contributed by atoms with E-state index in [4.69, 9.17) is 4.43 Å². The van der Waals surface area contributed by atoms with E-state index in [1.807, 2.05) is 7.11 Å². The predicted molar refractivity (Wildman–Crippen MR) is 61.4 cm³/mol. The Kier molecular flexibility index (Phi) is 10.4. The van der Waals surface area contributed by atoms with Crippen molar-refractivity contribution in [2.24, 2.45) is 0 Å². The smallest absolute Gasteiger partial charge is 0.210 e. The normalized spacial score (nSPS) is 11.1. The van der Waals surface area contributed by atoms with Gasteiger partial charge in [0.2, 0.25) is 9.04 Å². The van der Waals surface area contributed by atoms with Gasteiger partial charge in [0.25, 0.3) is 0 Å². The predicted octanol–water partition coefficient (Wildman–Crippen LogP) is 4.00. The highest BCUT2D eigenvalue weighted by Crippen LogP contribution is 2.12. The fraction of sp³-hybridized carbons (Fsp3) is 1.00. The first-order chi connectivity index (χ1) is 6.35. The van der Waals surface area contributed by atoms with Crippen LogP contribution in [-0.4, -0.2) is 16.2 Å². The highest BCUT2D eigenvalue weighted by atomic mass is 28.3. The Morgan fingerprint density at radius 3 is 1.62 bits per heavy atom. The van der Waals surface area contributed by atoms with Gasteiger partial charge in [0.15, 0.2) is 0 Å². The first kappa shape index (κ1) is 13.2. The summed E-state index contributed by atoms with van der Waals surface area (Å²) in [6, 6.07) is 2.72. The fourth-order valence-corrected chi connectivity index (χ4v) is 3.42. The Hall–Kier alpha value is 0.177. The highest BCUT2D eigenvalue weighted by Gasteiger charge is 2.09. The largest absolute Gasteiger partial charge is 0.420 e. The molecule has 0 heterocycles.